The first-order valence-electron chi connectivity index (χ1n) is 7.68. The number of carbonyl (C=O) groups is 2. The van der Waals surface area contributed by atoms with Crippen LogP contribution in [-0.4, -0.2) is 42.4 Å². The topological polar surface area (TPSA) is 46.6 Å². The van der Waals surface area contributed by atoms with Crippen molar-refractivity contribution in [2.24, 2.45) is 5.92 Å². The first kappa shape index (κ1) is 16.2. The van der Waals surface area contributed by atoms with E-state index in [1.165, 1.54) is 7.11 Å². The van der Waals surface area contributed by atoms with Crippen molar-refractivity contribution in [3.05, 3.63) is 0 Å². The third-order valence-corrected chi connectivity index (χ3v) is 4.64. The maximum absolute atomic E-state index is 13.2. The van der Waals surface area contributed by atoms with Gasteiger partial charge in [-0.1, -0.05) is 12.8 Å². The number of ether oxygens (including phenoxy) is 1. The van der Waals surface area contributed by atoms with E-state index in [0.717, 1.165) is 25.7 Å². The van der Waals surface area contributed by atoms with Gasteiger partial charge in [-0.3, -0.25) is 9.59 Å². The zero-order valence-corrected chi connectivity index (χ0v) is 12.4. The van der Waals surface area contributed by atoms with Gasteiger partial charge in [-0.15, -0.1) is 0 Å². The number of amides is 1. The van der Waals surface area contributed by atoms with Gasteiger partial charge in [0.2, 0.25) is 11.8 Å². The summed E-state index contributed by atoms with van der Waals surface area (Å²) in [5, 5.41) is 0. The summed E-state index contributed by atoms with van der Waals surface area (Å²) in [7, 11) is 1.29. The molecule has 6 heteroatoms. The van der Waals surface area contributed by atoms with Gasteiger partial charge in [0.05, 0.1) is 7.11 Å². The van der Waals surface area contributed by atoms with E-state index in [-0.39, 0.29) is 50.1 Å². The second-order valence-corrected chi connectivity index (χ2v) is 6.11. The van der Waals surface area contributed by atoms with Gasteiger partial charge in [0, 0.05) is 24.8 Å². The molecule has 4 nitrogen and oxygen atoms in total. The van der Waals surface area contributed by atoms with Crippen molar-refractivity contribution in [1.29, 1.82) is 0 Å². The standard InChI is InChI=1S/C15H23F2NO3/c1-21-13(19)10-18(12-4-2-3-5-12)14(20)11-6-8-15(16,17)9-7-11/h11-12H,2-10H2,1H3. The number of hydrogen-bond acceptors (Lipinski definition) is 3. The predicted molar refractivity (Wildman–Crippen MR) is 72.9 cm³/mol. The van der Waals surface area contributed by atoms with Crippen molar-refractivity contribution in [3.63, 3.8) is 0 Å². The van der Waals surface area contributed by atoms with Crippen LogP contribution in [0.2, 0.25) is 0 Å². The van der Waals surface area contributed by atoms with Crippen LogP contribution in [-0.2, 0) is 14.3 Å². The Hall–Kier alpha value is -1.20. The highest BCUT2D eigenvalue weighted by Gasteiger charge is 2.40. The lowest BCUT2D eigenvalue weighted by molar-refractivity contribution is -0.152. The highest BCUT2D eigenvalue weighted by atomic mass is 19.3. The van der Waals surface area contributed by atoms with Crippen LogP contribution in [0.5, 0.6) is 0 Å². The van der Waals surface area contributed by atoms with Crippen LogP contribution in [0.1, 0.15) is 51.4 Å². The van der Waals surface area contributed by atoms with Gasteiger partial charge in [-0.05, 0) is 25.7 Å². The molecular weight excluding hydrogens is 280 g/mol. The van der Waals surface area contributed by atoms with E-state index >= 15 is 0 Å². The fraction of sp³-hybridized carbons (Fsp3) is 0.867. The number of esters is 1. The fourth-order valence-corrected chi connectivity index (χ4v) is 3.33. The minimum Gasteiger partial charge on any atom is -0.468 e. The first-order valence-corrected chi connectivity index (χ1v) is 7.68. The lowest BCUT2D eigenvalue weighted by Crippen LogP contribution is -2.46. The molecule has 2 saturated carbocycles. The Morgan fingerprint density at radius 1 is 1.14 bits per heavy atom. The van der Waals surface area contributed by atoms with Crippen LogP contribution in [0.3, 0.4) is 0 Å². The lowest BCUT2D eigenvalue weighted by atomic mass is 9.85. The van der Waals surface area contributed by atoms with Crippen molar-refractivity contribution in [3.8, 4) is 0 Å². The van der Waals surface area contributed by atoms with Crippen LogP contribution < -0.4 is 0 Å². The summed E-state index contributed by atoms with van der Waals surface area (Å²) >= 11 is 0. The number of halogens is 2. The summed E-state index contributed by atoms with van der Waals surface area (Å²) < 4.78 is 31.1. The Morgan fingerprint density at radius 3 is 2.24 bits per heavy atom. The minimum absolute atomic E-state index is 0.0547. The Morgan fingerprint density at radius 2 is 1.71 bits per heavy atom. The summed E-state index contributed by atoms with van der Waals surface area (Å²) in [4.78, 5) is 25.7. The molecule has 2 aliphatic rings. The summed E-state index contributed by atoms with van der Waals surface area (Å²) in [6.45, 7) is -0.0626. The number of hydrogen-bond donors (Lipinski definition) is 0. The molecule has 0 aromatic heterocycles. The van der Waals surface area contributed by atoms with E-state index < -0.39 is 11.9 Å². The number of nitrogens with zero attached hydrogens (tertiary/aromatic N) is 1. The maximum atomic E-state index is 13.2. The third kappa shape index (κ3) is 4.14. The largest absolute Gasteiger partial charge is 0.468 e. The van der Waals surface area contributed by atoms with Gasteiger partial charge >= 0.3 is 5.97 Å². The Balaban J connectivity index is 2.01. The minimum atomic E-state index is -2.64. The average Bonchev–Trinajstić information content (AvgIpc) is 2.97. The molecule has 0 saturated heterocycles. The van der Waals surface area contributed by atoms with E-state index in [1.807, 2.05) is 0 Å². The van der Waals surface area contributed by atoms with E-state index in [2.05, 4.69) is 4.74 Å². The molecule has 2 fully saturated rings. The van der Waals surface area contributed by atoms with Crippen LogP contribution in [0, 0.1) is 5.92 Å². The molecule has 1 amide bonds. The first-order chi connectivity index (χ1) is 9.93. The zero-order chi connectivity index (χ0) is 15.5. The van der Waals surface area contributed by atoms with Gasteiger partial charge in [-0.2, -0.15) is 0 Å². The smallest absolute Gasteiger partial charge is 0.325 e. The molecule has 0 atom stereocenters. The lowest BCUT2D eigenvalue weighted by Gasteiger charge is -2.34. The van der Waals surface area contributed by atoms with Crippen LogP contribution in [0.4, 0.5) is 8.78 Å². The normalized spacial score (nSPS) is 23.0. The van der Waals surface area contributed by atoms with Crippen LogP contribution in [0.25, 0.3) is 0 Å². The zero-order valence-electron chi connectivity index (χ0n) is 12.4. The molecule has 2 rings (SSSR count). The molecule has 0 heterocycles. The van der Waals surface area contributed by atoms with Gasteiger partial charge in [0.25, 0.3) is 0 Å². The summed E-state index contributed by atoms with van der Waals surface area (Å²) in [5.74, 6) is -3.62. The number of rotatable bonds is 4. The number of alkyl halides is 2. The van der Waals surface area contributed by atoms with Gasteiger partial charge in [0.1, 0.15) is 6.54 Å². The molecule has 2 aliphatic carbocycles. The second-order valence-electron chi connectivity index (χ2n) is 6.11. The summed E-state index contributed by atoms with van der Waals surface area (Å²) in [5.41, 5.74) is 0. The van der Waals surface area contributed by atoms with Crippen molar-refractivity contribution in [2.75, 3.05) is 13.7 Å². The Kier molecular flexibility index (Phi) is 5.17. The SMILES string of the molecule is COC(=O)CN(C(=O)C1CCC(F)(F)CC1)C1CCCC1. The second kappa shape index (κ2) is 6.71. The highest BCUT2D eigenvalue weighted by molar-refractivity contribution is 5.84. The summed E-state index contributed by atoms with van der Waals surface area (Å²) in [6, 6.07) is 0.0547. The molecule has 0 aromatic carbocycles. The van der Waals surface area contributed by atoms with Gasteiger partial charge in [-0.25, -0.2) is 8.78 Å². The molecular formula is C15H23F2NO3. The van der Waals surface area contributed by atoms with Crippen LogP contribution >= 0.6 is 0 Å². The molecule has 0 aromatic rings. The summed E-state index contributed by atoms with van der Waals surface area (Å²) in [6.07, 6.45) is 3.78. The molecule has 0 N–H and O–H groups in total. The quantitative estimate of drug-likeness (QED) is 0.750. The average molecular weight is 303 g/mol. The monoisotopic (exact) mass is 303 g/mol. The Bertz CT molecular complexity index is 384. The predicted octanol–water partition coefficient (Wildman–Crippen LogP) is 2.76. The van der Waals surface area contributed by atoms with Crippen molar-refractivity contribution >= 4 is 11.9 Å². The number of methoxy groups -OCH3 is 1. The van der Waals surface area contributed by atoms with Crippen molar-refractivity contribution in [1.82, 2.24) is 4.90 Å². The molecule has 0 unspecified atom stereocenters. The molecule has 0 bridgehead atoms. The Labute approximate surface area is 123 Å². The molecule has 0 spiro atoms. The van der Waals surface area contributed by atoms with E-state index in [1.54, 1.807) is 4.90 Å². The molecule has 21 heavy (non-hydrogen) atoms. The molecule has 0 radical (unpaired) electrons. The van der Waals surface area contributed by atoms with Crippen molar-refractivity contribution < 1.29 is 23.1 Å². The molecule has 120 valence electrons. The van der Waals surface area contributed by atoms with Crippen LogP contribution in [0.15, 0.2) is 0 Å². The maximum Gasteiger partial charge on any atom is 0.325 e. The highest BCUT2D eigenvalue weighted by Crippen LogP contribution is 2.37. The molecule has 0 aliphatic heterocycles. The fourth-order valence-electron chi connectivity index (χ4n) is 3.33. The van der Waals surface area contributed by atoms with Gasteiger partial charge in [0.15, 0.2) is 0 Å². The van der Waals surface area contributed by atoms with E-state index in [9.17, 15) is 18.4 Å². The number of carbonyl (C=O) groups excluding carboxylic acids is 2. The van der Waals surface area contributed by atoms with E-state index in [4.69, 9.17) is 0 Å². The third-order valence-electron chi connectivity index (χ3n) is 4.64. The van der Waals surface area contributed by atoms with Gasteiger partial charge < -0.3 is 9.64 Å². The van der Waals surface area contributed by atoms with E-state index in [0.29, 0.717) is 0 Å². The van der Waals surface area contributed by atoms with Crippen molar-refractivity contribution in [2.45, 2.75) is 63.3 Å².